The molecule has 6 heteroatoms. The number of rotatable bonds is 5. The SMILES string of the molecule is CCOC(=O)C1CCCN(C(=O)CNC(=O)c2ccccc2C)C1. The molecule has 1 aromatic carbocycles. The number of ether oxygens (including phenoxy) is 1. The van der Waals surface area contributed by atoms with Gasteiger partial charge in [-0.15, -0.1) is 0 Å². The molecule has 0 bridgehead atoms. The summed E-state index contributed by atoms with van der Waals surface area (Å²) in [5.41, 5.74) is 1.43. The lowest BCUT2D eigenvalue weighted by atomic mass is 9.98. The second-order valence-corrected chi connectivity index (χ2v) is 5.93. The Morgan fingerprint density at radius 1 is 1.29 bits per heavy atom. The second-order valence-electron chi connectivity index (χ2n) is 5.93. The maximum atomic E-state index is 12.3. The molecule has 1 aromatic rings. The van der Waals surface area contributed by atoms with Gasteiger partial charge in [0.2, 0.25) is 5.91 Å². The monoisotopic (exact) mass is 332 g/mol. The number of carbonyl (C=O) groups excluding carboxylic acids is 3. The van der Waals surface area contributed by atoms with Crippen LogP contribution >= 0.6 is 0 Å². The van der Waals surface area contributed by atoms with E-state index in [2.05, 4.69) is 5.32 Å². The Labute approximate surface area is 142 Å². The minimum atomic E-state index is -0.269. The molecule has 0 spiro atoms. The number of nitrogens with one attached hydrogen (secondary N) is 1. The highest BCUT2D eigenvalue weighted by molar-refractivity contribution is 5.97. The van der Waals surface area contributed by atoms with Crippen molar-refractivity contribution in [2.75, 3.05) is 26.2 Å². The molecule has 1 fully saturated rings. The fraction of sp³-hybridized carbons (Fsp3) is 0.500. The summed E-state index contributed by atoms with van der Waals surface area (Å²) in [7, 11) is 0. The van der Waals surface area contributed by atoms with Crippen LogP contribution in [0.15, 0.2) is 24.3 Å². The van der Waals surface area contributed by atoms with Gasteiger partial charge >= 0.3 is 5.97 Å². The number of nitrogens with zero attached hydrogens (tertiary/aromatic N) is 1. The summed E-state index contributed by atoms with van der Waals surface area (Å²) in [6.07, 6.45) is 1.50. The van der Waals surface area contributed by atoms with Crippen molar-refractivity contribution in [3.8, 4) is 0 Å². The van der Waals surface area contributed by atoms with E-state index < -0.39 is 0 Å². The van der Waals surface area contributed by atoms with E-state index in [1.807, 2.05) is 19.1 Å². The van der Waals surface area contributed by atoms with Crippen LogP contribution < -0.4 is 5.32 Å². The fourth-order valence-corrected chi connectivity index (χ4v) is 2.85. The summed E-state index contributed by atoms with van der Waals surface area (Å²) in [6, 6.07) is 7.23. The van der Waals surface area contributed by atoms with Gasteiger partial charge in [0, 0.05) is 18.7 Å². The molecule has 1 aliphatic heterocycles. The van der Waals surface area contributed by atoms with Crippen LogP contribution in [-0.2, 0) is 14.3 Å². The highest BCUT2D eigenvalue weighted by atomic mass is 16.5. The van der Waals surface area contributed by atoms with Gasteiger partial charge in [-0.05, 0) is 38.3 Å². The summed E-state index contributed by atoms with van der Waals surface area (Å²) in [5, 5.41) is 2.66. The minimum absolute atomic E-state index is 0.0668. The second kappa shape index (κ2) is 8.47. The van der Waals surface area contributed by atoms with Crippen molar-refractivity contribution in [2.24, 2.45) is 5.92 Å². The van der Waals surface area contributed by atoms with Crippen LogP contribution in [0.4, 0.5) is 0 Å². The number of piperidine rings is 1. The van der Waals surface area contributed by atoms with Gasteiger partial charge in [-0.1, -0.05) is 18.2 Å². The van der Waals surface area contributed by atoms with Crippen molar-refractivity contribution in [3.05, 3.63) is 35.4 Å². The molecule has 0 aromatic heterocycles. The van der Waals surface area contributed by atoms with Crippen molar-refractivity contribution in [2.45, 2.75) is 26.7 Å². The predicted octanol–water partition coefficient (Wildman–Crippen LogP) is 1.53. The lowest BCUT2D eigenvalue weighted by molar-refractivity contribution is -0.151. The minimum Gasteiger partial charge on any atom is -0.466 e. The molecule has 1 aliphatic rings. The first-order valence-corrected chi connectivity index (χ1v) is 8.31. The molecular formula is C18H24N2O4. The topological polar surface area (TPSA) is 75.7 Å². The van der Waals surface area contributed by atoms with Crippen molar-refractivity contribution in [1.82, 2.24) is 10.2 Å². The quantitative estimate of drug-likeness (QED) is 0.830. The molecule has 1 saturated heterocycles. The molecular weight excluding hydrogens is 308 g/mol. The van der Waals surface area contributed by atoms with Gasteiger partial charge in [0.25, 0.3) is 5.91 Å². The Morgan fingerprint density at radius 2 is 2.04 bits per heavy atom. The summed E-state index contributed by atoms with van der Waals surface area (Å²) < 4.78 is 5.03. The lowest BCUT2D eigenvalue weighted by Gasteiger charge is -2.31. The standard InChI is InChI=1S/C18H24N2O4/c1-3-24-18(23)14-8-6-10-20(12-14)16(21)11-19-17(22)15-9-5-4-7-13(15)2/h4-5,7,9,14H,3,6,8,10-12H2,1-2H3,(H,19,22). The molecule has 24 heavy (non-hydrogen) atoms. The van der Waals surface area contributed by atoms with Crippen molar-refractivity contribution < 1.29 is 19.1 Å². The highest BCUT2D eigenvalue weighted by Crippen LogP contribution is 2.18. The molecule has 1 N–H and O–H groups in total. The zero-order chi connectivity index (χ0) is 17.5. The van der Waals surface area contributed by atoms with Crippen molar-refractivity contribution in [1.29, 1.82) is 0 Å². The van der Waals surface area contributed by atoms with E-state index in [0.717, 1.165) is 18.4 Å². The molecule has 1 unspecified atom stereocenters. The first kappa shape index (κ1) is 18.0. The lowest BCUT2D eigenvalue weighted by Crippen LogP contribution is -2.46. The third-order valence-corrected chi connectivity index (χ3v) is 4.18. The molecule has 130 valence electrons. The van der Waals surface area contributed by atoms with E-state index in [9.17, 15) is 14.4 Å². The average molecular weight is 332 g/mol. The third-order valence-electron chi connectivity index (χ3n) is 4.18. The van der Waals surface area contributed by atoms with Crippen LogP contribution in [0.1, 0.15) is 35.7 Å². The zero-order valence-corrected chi connectivity index (χ0v) is 14.2. The number of esters is 1. The van der Waals surface area contributed by atoms with Crippen LogP contribution in [0.2, 0.25) is 0 Å². The molecule has 0 radical (unpaired) electrons. The summed E-state index contributed by atoms with van der Waals surface area (Å²) in [4.78, 5) is 37.9. The molecule has 0 saturated carbocycles. The third kappa shape index (κ3) is 4.57. The van der Waals surface area contributed by atoms with E-state index in [4.69, 9.17) is 4.74 Å². The van der Waals surface area contributed by atoms with Gasteiger partial charge in [-0.2, -0.15) is 0 Å². The Hall–Kier alpha value is -2.37. The van der Waals surface area contributed by atoms with E-state index >= 15 is 0 Å². The van der Waals surface area contributed by atoms with E-state index in [-0.39, 0.29) is 30.2 Å². The Bertz CT molecular complexity index is 615. The number of hydrogen-bond donors (Lipinski definition) is 1. The van der Waals surface area contributed by atoms with Gasteiger partial charge in [0.15, 0.2) is 0 Å². The van der Waals surface area contributed by atoms with Gasteiger partial charge < -0.3 is 15.0 Å². The van der Waals surface area contributed by atoms with Crippen LogP contribution in [-0.4, -0.2) is 48.9 Å². The molecule has 2 rings (SSSR count). The first-order chi connectivity index (χ1) is 11.5. The maximum absolute atomic E-state index is 12.3. The number of carbonyl (C=O) groups is 3. The number of amides is 2. The fourth-order valence-electron chi connectivity index (χ4n) is 2.85. The van der Waals surface area contributed by atoms with E-state index in [1.165, 1.54) is 0 Å². The Morgan fingerprint density at radius 3 is 2.75 bits per heavy atom. The molecule has 2 amide bonds. The maximum Gasteiger partial charge on any atom is 0.310 e. The smallest absolute Gasteiger partial charge is 0.310 e. The van der Waals surface area contributed by atoms with Crippen LogP contribution in [0.3, 0.4) is 0 Å². The summed E-state index contributed by atoms with van der Waals surface area (Å²) in [5.74, 6) is -0.958. The van der Waals surface area contributed by atoms with E-state index in [0.29, 0.717) is 25.3 Å². The average Bonchev–Trinajstić information content (AvgIpc) is 2.60. The van der Waals surface area contributed by atoms with Gasteiger partial charge in [-0.25, -0.2) is 0 Å². The predicted molar refractivity (Wildman–Crippen MR) is 89.4 cm³/mol. The van der Waals surface area contributed by atoms with Crippen molar-refractivity contribution >= 4 is 17.8 Å². The molecule has 1 atom stereocenters. The largest absolute Gasteiger partial charge is 0.466 e. The van der Waals surface area contributed by atoms with Gasteiger partial charge in [0.1, 0.15) is 0 Å². The van der Waals surface area contributed by atoms with Gasteiger partial charge in [0.05, 0.1) is 19.1 Å². The zero-order valence-electron chi connectivity index (χ0n) is 14.2. The summed E-state index contributed by atoms with van der Waals surface area (Å²) in [6.45, 7) is 4.86. The van der Waals surface area contributed by atoms with Crippen LogP contribution in [0.5, 0.6) is 0 Å². The van der Waals surface area contributed by atoms with Crippen LogP contribution in [0, 0.1) is 12.8 Å². The van der Waals surface area contributed by atoms with E-state index in [1.54, 1.807) is 24.0 Å². The number of hydrogen-bond acceptors (Lipinski definition) is 4. The first-order valence-electron chi connectivity index (χ1n) is 8.31. The normalized spacial score (nSPS) is 17.2. The molecule has 1 heterocycles. The highest BCUT2D eigenvalue weighted by Gasteiger charge is 2.29. The van der Waals surface area contributed by atoms with Gasteiger partial charge in [-0.3, -0.25) is 14.4 Å². The molecule has 0 aliphatic carbocycles. The number of benzene rings is 1. The Kier molecular flexibility index (Phi) is 6.35. The molecule has 6 nitrogen and oxygen atoms in total. The number of aryl methyl sites for hydroxylation is 1. The number of likely N-dealkylation sites (tertiary alicyclic amines) is 1. The summed E-state index contributed by atoms with van der Waals surface area (Å²) >= 11 is 0. The Balaban J connectivity index is 1.87. The van der Waals surface area contributed by atoms with Crippen molar-refractivity contribution in [3.63, 3.8) is 0 Å². The van der Waals surface area contributed by atoms with Crippen LogP contribution in [0.25, 0.3) is 0 Å².